The van der Waals surface area contributed by atoms with Crippen molar-refractivity contribution in [3.63, 3.8) is 0 Å². The van der Waals surface area contributed by atoms with Crippen LogP contribution >= 0.6 is 0 Å². The molecule has 0 unspecified atom stereocenters. The predicted octanol–water partition coefficient (Wildman–Crippen LogP) is 3.49. The van der Waals surface area contributed by atoms with Crippen molar-refractivity contribution in [2.45, 2.75) is 6.54 Å². The Morgan fingerprint density at radius 1 is 0.967 bits per heavy atom. The quantitative estimate of drug-likeness (QED) is 0.559. The van der Waals surface area contributed by atoms with Gasteiger partial charge in [-0.3, -0.25) is 9.69 Å². The van der Waals surface area contributed by atoms with E-state index >= 15 is 0 Å². The topological polar surface area (TPSA) is 57.2 Å². The van der Waals surface area contributed by atoms with Crippen LogP contribution in [0.3, 0.4) is 0 Å². The van der Waals surface area contributed by atoms with E-state index in [2.05, 4.69) is 31.6 Å². The Balaban J connectivity index is 1.17. The van der Waals surface area contributed by atoms with Gasteiger partial charge in [-0.2, -0.15) is 0 Å². The molecule has 6 heteroatoms. The number of nitrogens with zero attached hydrogens (tertiary/aromatic N) is 4. The molecule has 0 bridgehead atoms. The summed E-state index contributed by atoms with van der Waals surface area (Å²) in [5.41, 5.74) is 2.96. The Labute approximate surface area is 175 Å². The second-order valence-electron chi connectivity index (χ2n) is 7.72. The summed E-state index contributed by atoms with van der Waals surface area (Å²) in [6, 6.07) is 18.2. The monoisotopic (exact) mass is 399 g/mol. The number of carbonyl (C=O) groups is 1. The van der Waals surface area contributed by atoms with Gasteiger partial charge in [0.05, 0.1) is 0 Å². The highest BCUT2D eigenvalue weighted by atomic mass is 16.2. The van der Waals surface area contributed by atoms with Crippen molar-refractivity contribution >= 4 is 16.8 Å². The Morgan fingerprint density at radius 2 is 1.80 bits per heavy atom. The third kappa shape index (κ3) is 3.74. The molecule has 152 valence electrons. The highest BCUT2D eigenvalue weighted by Gasteiger charge is 2.22. The van der Waals surface area contributed by atoms with Gasteiger partial charge in [-0.05, 0) is 24.3 Å². The molecule has 0 aliphatic carbocycles. The molecular formula is C24H25N5O. The van der Waals surface area contributed by atoms with E-state index in [1.54, 1.807) is 0 Å². The molecule has 2 aromatic carbocycles. The maximum absolute atomic E-state index is 12.9. The van der Waals surface area contributed by atoms with Crippen molar-refractivity contribution in [2.75, 3.05) is 32.7 Å². The molecule has 0 atom stereocenters. The number of amides is 1. The fraction of sp³-hybridized carbons (Fsp3) is 0.250. The van der Waals surface area contributed by atoms with Gasteiger partial charge < -0.3 is 14.5 Å². The molecule has 30 heavy (non-hydrogen) atoms. The number of rotatable bonds is 5. The lowest BCUT2D eigenvalue weighted by Gasteiger charge is -2.35. The maximum atomic E-state index is 12.9. The molecule has 5 rings (SSSR count). The third-order valence-electron chi connectivity index (χ3n) is 5.86. The van der Waals surface area contributed by atoms with Gasteiger partial charge in [0.1, 0.15) is 5.82 Å². The number of imidazole rings is 1. The second-order valence-corrected chi connectivity index (χ2v) is 7.72. The summed E-state index contributed by atoms with van der Waals surface area (Å²) in [5.74, 6) is 1.13. The molecule has 1 amide bonds. The molecule has 1 saturated heterocycles. The molecule has 1 fully saturated rings. The van der Waals surface area contributed by atoms with E-state index in [0.717, 1.165) is 67.1 Å². The average molecular weight is 399 g/mol. The number of carbonyl (C=O) groups excluding carboxylic acids is 1. The van der Waals surface area contributed by atoms with Gasteiger partial charge in [0, 0.05) is 79.9 Å². The van der Waals surface area contributed by atoms with Crippen LogP contribution in [0.25, 0.3) is 22.3 Å². The van der Waals surface area contributed by atoms with E-state index in [1.165, 1.54) is 0 Å². The van der Waals surface area contributed by atoms with Gasteiger partial charge in [-0.1, -0.05) is 30.3 Å². The number of hydrogen-bond acceptors (Lipinski definition) is 3. The zero-order valence-electron chi connectivity index (χ0n) is 16.9. The average Bonchev–Trinajstić information content (AvgIpc) is 3.47. The largest absolute Gasteiger partial charge is 0.361 e. The lowest BCUT2D eigenvalue weighted by molar-refractivity contribution is 0.0633. The fourth-order valence-electron chi connectivity index (χ4n) is 4.13. The van der Waals surface area contributed by atoms with Crippen molar-refractivity contribution in [3.05, 3.63) is 78.8 Å². The van der Waals surface area contributed by atoms with E-state index in [4.69, 9.17) is 0 Å². The maximum Gasteiger partial charge on any atom is 0.253 e. The van der Waals surface area contributed by atoms with Crippen LogP contribution in [-0.2, 0) is 6.54 Å². The number of hydrogen-bond donors (Lipinski definition) is 1. The molecule has 1 N–H and O–H groups in total. The van der Waals surface area contributed by atoms with Crippen LogP contribution in [0.2, 0.25) is 0 Å². The van der Waals surface area contributed by atoms with E-state index in [9.17, 15) is 4.79 Å². The number of fused-ring (bicyclic) bond motifs is 1. The van der Waals surface area contributed by atoms with Crippen LogP contribution < -0.4 is 0 Å². The predicted molar refractivity (Wildman–Crippen MR) is 118 cm³/mol. The fourth-order valence-corrected chi connectivity index (χ4v) is 4.13. The molecule has 0 spiro atoms. The number of nitrogens with one attached hydrogen (secondary N) is 1. The van der Waals surface area contributed by atoms with E-state index in [1.807, 2.05) is 66.0 Å². The van der Waals surface area contributed by atoms with Gasteiger partial charge in [0.15, 0.2) is 0 Å². The zero-order chi connectivity index (χ0) is 20.3. The standard InChI is InChI=1S/C24H25N5O/c30-24(21-6-7-22-20(18-21)8-9-25-22)29-16-13-27(14-17-29)12-15-28-11-10-26-23(28)19-4-2-1-3-5-19/h1-11,18,25H,12-17H2. The van der Waals surface area contributed by atoms with Crippen LogP contribution in [-0.4, -0.2) is 63.0 Å². The summed E-state index contributed by atoms with van der Waals surface area (Å²) < 4.78 is 2.21. The van der Waals surface area contributed by atoms with Gasteiger partial charge >= 0.3 is 0 Å². The summed E-state index contributed by atoms with van der Waals surface area (Å²) >= 11 is 0. The Morgan fingerprint density at radius 3 is 2.63 bits per heavy atom. The normalized spacial score (nSPS) is 15.0. The minimum atomic E-state index is 0.124. The number of piperazine rings is 1. The van der Waals surface area contributed by atoms with Crippen LogP contribution in [0, 0.1) is 0 Å². The minimum absolute atomic E-state index is 0.124. The minimum Gasteiger partial charge on any atom is -0.361 e. The summed E-state index contributed by atoms with van der Waals surface area (Å²) in [7, 11) is 0. The van der Waals surface area contributed by atoms with E-state index in [0.29, 0.717) is 0 Å². The summed E-state index contributed by atoms with van der Waals surface area (Å²) in [5, 5.41) is 1.08. The number of aromatic amines is 1. The molecule has 1 aliphatic heterocycles. The van der Waals surface area contributed by atoms with Crippen molar-refractivity contribution < 1.29 is 4.79 Å². The first-order valence-electron chi connectivity index (χ1n) is 10.4. The molecule has 6 nitrogen and oxygen atoms in total. The molecule has 3 heterocycles. The molecular weight excluding hydrogens is 374 g/mol. The van der Waals surface area contributed by atoms with Crippen molar-refractivity contribution in [2.24, 2.45) is 0 Å². The van der Waals surface area contributed by atoms with Crippen LogP contribution in [0.1, 0.15) is 10.4 Å². The molecule has 0 radical (unpaired) electrons. The smallest absolute Gasteiger partial charge is 0.253 e. The number of benzene rings is 2. The summed E-state index contributed by atoms with van der Waals surface area (Å²) in [6.07, 6.45) is 5.81. The van der Waals surface area contributed by atoms with Gasteiger partial charge in [-0.25, -0.2) is 4.98 Å². The van der Waals surface area contributed by atoms with Crippen LogP contribution in [0.15, 0.2) is 73.2 Å². The second kappa shape index (κ2) is 8.16. The highest BCUT2D eigenvalue weighted by Crippen LogP contribution is 2.18. The van der Waals surface area contributed by atoms with E-state index in [-0.39, 0.29) is 5.91 Å². The van der Waals surface area contributed by atoms with E-state index < -0.39 is 0 Å². The van der Waals surface area contributed by atoms with Crippen molar-refractivity contribution in [1.29, 1.82) is 0 Å². The highest BCUT2D eigenvalue weighted by molar-refractivity contribution is 5.98. The molecule has 0 saturated carbocycles. The Bertz CT molecular complexity index is 1140. The first kappa shape index (κ1) is 18.6. The lowest BCUT2D eigenvalue weighted by Crippen LogP contribution is -2.49. The Hall–Kier alpha value is -3.38. The SMILES string of the molecule is O=C(c1ccc2[nH]ccc2c1)N1CCN(CCn2ccnc2-c2ccccc2)CC1. The van der Waals surface area contributed by atoms with Crippen LogP contribution in [0.4, 0.5) is 0 Å². The number of H-pyrrole nitrogens is 1. The van der Waals surface area contributed by atoms with Crippen molar-refractivity contribution in [1.82, 2.24) is 24.3 Å². The first-order chi connectivity index (χ1) is 14.8. The van der Waals surface area contributed by atoms with Gasteiger partial charge in [0.25, 0.3) is 5.91 Å². The molecule has 2 aromatic heterocycles. The third-order valence-corrected chi connectivity index (χ3v) is 5.86. The first-order valence-corrected chi connectivity index (χ1v) is 10.4. The van der Waals surface area contributed by atoms with Crippen LogP contribution in [0.5, 0.6) is 0 Å². The lowest BCUT2D eigenvalue weighted by atomic mass is 10.1. The molecule has 4 aromatic rings. The van der Waals surface area contributed by atoms with Crippen molar-refractivity contribution in [3.8, 4) is 11.4 Å². The Kier molecular flexibility index (Phi) is 5.07. The number of aromatic nitrogens is 3. The van der Waals surface area contributed by atoms with Gasteiger partial charge in [0.2, 0.25) is 0 Å². The summed E-state index contributed by atoms with van der Waals surface area (Å²) in [6.45, 7) is 5.16. The zero-order valence-corrected chi connectivity index (χ0v) is 16.9. The molecule has 1 aliphatic rings. The van der Waals surface area contributed by atoms with Gasteiger partial charge in [-0.15, -0.1) is 0 Å². The summed E-state index contributed by atoms with van der Waals surface area (Å²) in [4.78, 5) is 25.0.